The molecule has 0 atom stereocenters. The van der Waals surface area contributed by atoms with Crippen molar-refractivity contribution in [1.82, 2.24) is 0 Å². The summed E-state index contributed by atoms with van der Waals surface area (Å²) in [4.78, 5) is 23.1. The summed E-state index contributed by atoms with van der Waals surface area (Å²) >= 11 is 3.17. The molecule has 0 unspecified atom stereocenters. The van der Waals surface area contributed by atoms with Crippen molar-refractivity contribution in [2.45, 2.75) is 12.8 Å². The van der Waals surface area contributed by atoms with Crippen molar-refractivity contribution in [2.24, 2.45) is 0 Å². The Morgan fingerprint density at radius 3 is 2.38 bits per heavy atom. The molecule has 11 heteroatoms. The Bertz CT molecular complexity index is 1430. The fourth-order valence-electron chi connectivity index (χ4n) is 3.04. The van der Waals surface area contributed by atoms with Crippen LogP contribution in [0.5, 0.6) is 17.2 Å². The highest BCUT2D eigenvalue weighted by Gasteiger charge is 2.40. The number of nitrogens with zero attached hydrogens (tertiary/aromatic N) is 1. The molecule has 1 heterocycles. The second-order valence-electron chi connectivity index (χ2n) is 6.99. The third-order valence-electron chi connectivity index (χ3n) is 4.68. The fourth-order valence-corrected chi connectivity index (χ4v) is 3.41. The number of halogens is 4. The molecule has 0 spiro atoms. The fraction of sp³-hybridized carbons (Fsp3) is 0.0870. The number of non-ortho nitro benzene ring substituents is 1. The van der Waals surface area contributed by atoms with Crippen LogP contribution in [0.4, 0.5) is 18.9 Å². The molecule has 0 saturated heterocycles. The van der Waals surface area contributed by atoms with Gasteiger partial charge in [0.25, 0.3) is 11.4 Å². The standard InChI is InChI=1S/C23H13BrF3NO6/c24-17-3-1-2-4-18(17)33-21-20(29)16-10-9-15(11-19(16)34-22(21)23(25,26)27)32-12-13-5-7-14(8-6-13)28(30)31/h1-11H,12H2. The van der Waals surface area contributed by atoms with E-state index >= 15 is 0 Å². The van der Waals surface area contributed by atoms with Gasteiger partial charge in [-0.05, 0) is 57.9 Å². The minimum Gasteiger partial charge on any atom is -0.489 e. The summed E-state index contributed by atoms with van der Waals surface area (Å²) in [5.74, 6) is -2.40. The highest BCUT2D eigenvalue weighted by atomic mass is 79.9. The quantitative estimate of drug-likeness (QED) is 0.198. The normalized spacial score (nSPS) is 11.4. The first-order chi connectivity index (χ1) is 16.1. The van der Waals surface area contributed by atoms with Gasteiger partial charge in [-0.3, -0.25) is 14.9 Å². The summed E-state index contributed by atoms with van der Waals surface area (Å²) < 4.78 is 57.4. The highest BCUT2D eigenvalue weighted by molar-refractivity contribution is 9.10. The molecule has 0 radical (unpaired) electrons. The van der Waals surface area contributed by atoms with Gasteiger partial charge < -0.3 is 13.9 Å². The first kappa shape index (κ1) is 23.3. The molecule has 174 valence electrons. The SMILES string of the molecule is O=c1c(Oc2ccccc2Br)c(C(F)(F)F)oc2cc(OCc3ccc([N+](=O)[O-])cc3)ccc12. The summed E-state index contributed by atoms with van der Waals surface area (Å²) in [6, 6.07) is 15.6. The summed E-state index contributed by atoms with van der Waals surface area (Å²) in [7, 11) is 0. The largest absolute Gasteiger partial charge is 0.489 e. The lowest BCUT2D eigenvalue weighted by atomic mass is 10.2. The Morgan fingerprint density at radius 2 is 1.74 bits per heavy atom. The second-order valence-corrected chi connectivity index (χ2v) is 7.84. The number of hydrogen-bond donors (Lipinski definition) is 0. The van der Waals surface area contributed by atoms with Crippen LogP contribution in [0.25, 0.3) is 11.0 Å². The Kier molecular flexibility index (Phi) is 6.29. The van der Waals surface area contributed by atoms with Gasteiger partial charge >= 0.3 is 6.18 Å². The number of fused-ring (bicyclic) bond motifs is 1. The van der Waals surface area contributed by atoms with E-state index in [9.17, 15) is 28.1 Å². The third-order valence-corrected chi connectivity index (χ3v) is 5.34. The number of para-hydroxylation sites is 1. The maximum absolute atomic E-state index is 13.7. The molecule has 0 aliphatic heterocycles. The smallest absolute Gasteiger partial charge is 0.453 e. The number of nitro benzene ring substituents is 1. The number of nitro groups is 1. The van der Waals surface area contributed by atoms with E-state index in [-0.39, 0.29) is 34.8 Å². The van der Waals surface area contributed by atoms with Crippen molar-refractivity contribution in [1.29, 1.82) is 0 Å². The molecule has 0 N–H and O–H groups in total. The summed E-state index contributed by atoms with van der Waals surface area (Å²) in [5, 5.41) is 10.6. The third kappa shape index (κ3) is 4.88. The van der Waals surface area contributed by atoms with Gasteiger partial charge in [0, 0.05) is 18.2 Å². The summed E-state index contributed by atoms with van der Waals surface area (Å²) in [5.41, 5.74) is -0.818. The van der Waals surface area contributed by atoms with Gasteiger partial charge in [0.1, 0.15) is 23.7 Å². The monoisotopic (exact) mass is 535 g/mol. The molecule has 4 rings (SSSR count). The topological polar surface area (TPSA) is 91.8 Å². The van der Waals surface area contributed by atoms with Crippen LogP contribution in [-0.4, -0.2) is 4.92 Å². The van der Waals surface area contributed by atoms with Gasteiger partial charge in [0.05, 0.1) is 14.8 Å². The van der Waals surface area contributed by atoms with Crippen LogP contribution in [0, 0.1) is 10.1 Å². The molecule has 0 fully saturated rings. The van der Waals surface area contributed by atoms with Gasteiger partial charge in [-0.2, -0.15) is 13.2 Å². The van der Waals surface area contributed by atoms with Crippen LogP contribution < -0.4 is 14.9 Å². The van der Waals surface area contributed by atoms with E-state index in [2.05, 4.69) is 15.9 Å². The van der Waals surface area contributed by atoms with Crippen molar-refractivity contribution in [3.63, 3.8) is 0 Å². The Balaban J connectivity index is 1.68. The van der Waals surface area contributed by atoms with Crippen LogP contribution in [0.15, 0.2) is 80.4 Å². The molecule has 0 aliphatic carbocycles. The van der Waals surface area contributed by atoms with E-state index in [1.54, 1.807) is 18.2 Å². The van der Waals surface area contributed by atoms with E-state index in [1.165, 1.54) is 48.5 Å². The molecular weight excluding hydrogens is 523 g/mol. The molecule has 3 aromatic carbocycles. The molecule has 0 aliphatic rings. The molecule has 0 saturated carbocycles. The van der Waals surface area contributed by atoms with Crippen LogP contribution in [-0.2, 0) is 12.8 Å². The van der Waals surface area contributed by atoms with Crippen molar-refractivity contribution in [3.05, 3.63) is 103 Å². The predicted octanol–water partition coefficient (Wildman–Crippen LogP) is 6.85. The van der Waals surface area contributed by atoms with Gasteiger partial charge in [-0.1, -0.05) is 12.1 Å². The lowest BCUT2D eigenvalue weighted by molar-refractivity contribution is -0.384. The zero-order chi connectivity index (χ0) is 24.5. The van der Waals surface area contributed by atoms with Crippen molar-refractivity contribution in [3.8, 4) is 17.2 Å². The zero-order valence-electron chi connectivity index (χ0n) is 17.0. The average molecular weight is 536 g/mol. The first-order valence-corrected chi connectivity index (χ1v) is 10.4. The maximum atomic E-state index is 13.7. The lowest BCUT2D eigenvalue weighted by Gasteiger charge is -2.14. The summed E-state index contributed by atoms with van der Waals surface area (Å²) in [6.07, 6.45) is -5.00. The van der Waals surface area contributed by atoms with Crippen molar-refractivity contribution < 1.29 is 32.0 Å². The molecule has 4 aromatic rings. The average Bonchev–Trinajstić information content (AvgIpc) is 2.80. The van der Waals surface area contributed by atoms with E-state index in [1.807, 2.05) is 0 Å². The predicted molar refractivity (Wildman–Crippen MR) is 119 cm³/mol. The Labute approximate surface area is 197 Å². The van der Waals surface area contributed by atoms with Crippen molar-refractivity contribution >= 4 is 32.6 Å². The zero-order valence-corrected chi connectivity index (χ0v) is 18.6. The molecule has 34 heavy (non-hydrogen) atoms. The number of rotatable bonds is 6. The molecule has 1 aromatic heterocycles. The van der Waals surface area contributed by atoms with E-state index < -0.39 is 28.0 Å². The van der Waals surface area contributed by atoms with Crippen LogP contribution >= 0.6 is 15.9 Å². The Morgan fingerprint density at radius 1 is 1.03 bits per heavy atom. The first-order valence-electron chi connectivity index (χ1n) is 9.60. The molecule has 7 nitrogen and oxygen atoms in total. The number of benzene rings is 3. The van der Waals surface area contributed by atoms with Gasteiger partial charge in [0.15, 0.2) is 0 Å². The van der Waals surface area contributed by atoms with E-state index in [0.29, 0.717) is 10.0 Å². The van der Waals surface area contributed by atoms with Crippen LogP contribution in [0.1, 0.15) is 11.3 Å². The number of hydrogen-bond acceptors (Lipinski definition) is 6. The second kappa shape index (κ2) is 9.18. The van der Waals surface area contributed by atoms with Gasteiger partial charge in [0.2, 0.25) is 11.2 Å². The Hall–Kier alpha value is -3.86. The molecule has 0 amide bonds. The van der Waals surface area contributed by atoms with Gasteiger partial charge in [-0.15, -0.1) is 0 Å². The molecular formula is C23H13BrF3NO6. The number of alkyl halides is 3. The minimum atomic E-state index is -5.00. The van der Waals surface area contributed by atoms with Crippen LogP contribution in [0.3, 0.4) is 0 Å². The number of ether oxygens (including phenoxy) is 2. The van der Waals surface area contributed by atoms with Crippen LogP contribution in [0.2, 0.25) is 0 Å². The molecule has 0 bridgehead atoms. The maximum Gasteiger partial charge on any atom is 0.453 e. The lowest BCUT2D eigenvalue weighted by Crippen LogP contribution is -2.15. The highest BCUT2D eigenvalue weighted by Crippen LogP contribution is 2.39. The van der Waals surface area contributed by atoms with E-state index in [4.69, 9.17) is 13.9 Å². The van der Waals surface area contributed by atoms with Crippen molar-refractivity contribution in [2.75, 3.05) is 0 Å². The van der Waals surface area contributed by atoms with E-state index in [0.717, 1.165) is 0 Å². The van der Waals surface area contributed by atoms with Gasteiger partial charge in [-0.25, -0.2) is 0 Å². The summed E-state index contributed by atoms with van der Waals surface area (Å²) in [6.45, 7) is -0.0108. The minimum absolute atomic E-state index is 0.0108.